The summed E-state index contributed by atoms with van der Waals surface area (Å²) >= 11 is 0. The van der Waals surface area contributed by atoms with Gasteiger partial charge in [0.1, 0.15) is 28.8 Å². The van der Waals surface area contributed by atoms with Crippen molar-refractivity contribution in [2.75, 3.05) is 13.1 Å². The zero-order valence-electron chi connectivity index (χ0n) is 17.8. The number of amides is 1. The number of hydrogen-bond donors (Lipinski definition) is 2. The van der Waals surface area contributed by atoms with Crippen LogP contribution in [0.4, 0.5) is 0 Å². The van der Waals surface area contributed by atoms with Crippen LogP contribution < -0.4 is 10.2 Å². The second kappa shape index (κ2) is 18.8. The van der Waals surface area contributed by atoms with Gasteiger partial charge < -0.3 is 9.53 Å². The number of nitrogens with one attached hydrogen (secondary N) is 1. The van der Waals surface area contributed by atoms with Gasteiger partial charge in [-0.3, -0.25) is 10.0 Å². The summed E-state index contributed by atoms with van der Waals surface area (Å²) in [5.41, 5.74) is 1.44. The number of aldehydes is 1. The Morgan fingerprint density at radius 1 is 1.24 bits per heavy atom. The molecule has 0 aromatic heterocycles. The van der Waals surface area contributed by atoms with Gasteiger partial charge in [-0.2, -0.15) is 0 Å². The van der Waals surface area contributed by atoms with Gasteiger partial charge in [0.15, 0.2) is 0 Å². The van der Waals surface area contributed by atoms with E-state index in [0.717, 1.165) is 4.31 Å². The highest BCUT2D eigenvalue weighted by Gasteiger charge is 2.18. The Hall–Kier alpha value is -2.55. The van der Waals surface area contributed by atoms with Gasteiger partial charge in [0.05, 0.1) is 18.0 Å². The number of ether oxygens (including phenoxy) is 1. The molecule has 0 aliphatic rings. The summed E-state index contributed by atoms with van der Waals surface area (Å²) in [5.74, 6) is 0.306. The summed E-state index contributed by atoms with van der Waals surface area (Å²) in [4.78, 5) is 22.3. The summed E-state index contributed by atoms with van der Waals surface area (Å²) in [7, 11) is -1.74. The minimum atomic E-state index is -1.74. The third kappa shape index (κ3) is 11.8. The maximum atomic E-state index is 12.5. The molecule has 7 nitrogen and oxygen atoms in total. The van der Waals surface area contributed by atoms with Gasteiger partial charge in [0.25, 0.3) is 5.91 Å². The van der Waals surface area contributed by atoms with Crippen LogP contribution in [0.15, 0.2) is 65.8 Å². The van der Waals surface area contributed by atoms with Crippen molar-refractivity contribution in [3.63, 3.8) is 0 Å². The largest absolute Gasteiger partial charge is 0.457 e. The molecule has 1 amide bonds. The topological polar surface area (TPSA) is 95.9 Å². The molecule has 0 saturated heterocycles. The first-order valence-corrected chi connectivity index (χ1v) is 10.4. The lowest BCUT2D eigenvalue weighted by atomic mass is 10.3. The third-order valence-electron chi connectivity index (χ3n) is 2.87. The van der Waals surface area contributed by atoms with Crippen LogP contribution in [0.2, 0.25) is 0 Å². The van der Waals surface area contributed by atoms with E-state index in [-0.39, 0.29) is 13.1 Å². The Kier molecular flexibility index (Phi) is 18.6. The quantitative estimate of drug-likeness (QED) is 0.196. The third-order valence-corrected chi connectivity index (χ3v) is 4.30. The fourth-order valence-corrected chi connectivity index (χ4v) is 2.81. The molecular formula is C21H32N2O5S. The molecule has 1 aromatic rings. The Labute approximate surface area is 176 Å². The normalized spacial score (nSPS) is 11.5. The van der Waals surface area contributed by atoms with Crippen LogP contribution in [0, 0.1) is 0 Å². The Morgan fingerprint density at radius 3 is 2.28 bits per heavy atom. The van der Waals surface area contributed by atoms with Crippen molar-refractivity contribution in [3.05, 3.63) is 60.9 Å². The highest BCUT2D eigenvalue weighted by molar-refractivity contribution is 7.82. The number of allylic oxidation sites excluding steroid dienone is 4. The average molecular weight is 425 g/mol. The van der Waals surface area contributed by atoms with Gasteiger partial charge in [0.2, 0.25) is 0 Å². The molecule has 8 heteroatoms. The van der Waals surface area contributed by atoms with Gasteiger partial charge in [-0.05, 0) is 43.3 Å². The van der Waals surface area contributed by atoms with Crippen molar-refractivity contribution in [1.82, 2.24) is 9.79 Å². The lowest BCUT2D eigenvalue weighted by molar-refractivity contribution is -0.129. The number of carbonyl (C=O) groups excluding carboxylic acids is 2. The molecule has 2 N–H and O–H groups in total. The van der Waals surface area contributed by atoms with E-state index in [1.54, 1.807) is 36.4 Å². The number of hydroxylamine groups is 1. The van der Waals surface area contributed by atoms with Gasteiger partial charge in [-0.25, -0.2) is 14.0 Å². The van der Waals surface area contributed by atoms with E-state index in [4.69, 9.17) is 9.94 Å². The Bertz CT molecular complexity index is 685. The maximum Gasteiger partial charge on any atom is 0.258 e. The highest BCUT2D eigenvalue weighted by Crippen LogP contribution is 2.19. The smallest absolute Gasteiger partial charge is 0.258 e. The molecule has 0 spiro atoms. The molecule has 29 heavy (non-hydrogen) atoms. The lowest BCUT2D eigenvalue weighted by Gasteiger charge is -2.17. The lowest BCUT2D eigenvalue weighted by Crippen LogP contribution is -2.38. The number of rotatable bonds is 10. The second-order valence-corrected chi connectivity index (χ2v) is 6.13. The first-order valence-electron chi connectivity index (χ1n) is 9.32. The summed E-state index contributed by atoms with van der Waals surface area (Å²) < 4.78 is 19.2. The van der Waals surface area contributed by atoms with Gasteiger partial charge in [-0.15, -0.1) is 0 Å². The predicted molar refractivity (Wildman–Crippen MR) is 117 cm³/mol. The summed E-state index contributed by atoms with van der Waals surface area (Å²) in [5, 5.41) is 8.56. The number of nitrogens with zero attached hydrogens (tertiary/aromatic N) is 1. The van der Waals surface area contributed by atoms with E-state index >= 15 is 0 Å². The molecule has 1 rings (SSSR count). The van der Waals surface area contributed by atoms with Crippen LogP contribution in [-0.4, -0.2) is 39.0 Å². The molecule has 0 aliphatic carbocycles. The average Bonchev–Trinajstić information content (AvgIpc) is 2.78. The SMILES string of the molecule is C=C/C(=C\C=C/C)Oc1ccc(S(=O)N(CC=O)CC(=O)NO)cc1.CC.CC. The molecule has 1 aromatic carbocycles. The van der Waals surface area contributed by atoms with Crippen molar-refractivity contribution in [3.8, 4) is 5.75 Å². The molecule has 162 valence electrons. The fraction of sp³-hybridized carbons (Fsp3) is 0.333. The van der Waals surface area contributed by atoms with Crippen molar-refractivity contribution in [2.45, 2.75) is 39.5 Å². The van der Waals surface area contributed by atoms with E-state index < -0.39 is 16.9 Å². The summed E-state index contributed by atoms with van der Waals surface area (Å²) in [6.07, 6.45) is 7.50. The van der Waals surface area contributed by atoms with Crippen molar-refractivity contribution >= 4 is 23.2 Å². The molecule has 0 bridgehead atoms. The predicted octanol–water partition coefficient (Wildman–Crippen LogP) is 3.79. The number of hydrogen-bond acceptors (Lipinski definition) is 5. The van der Waals surface area contributed by atoms with Crippen molar-refractivity contribution in [1.29, 1.82) is 0 Å². The minimum absolute atomic E-state index is 0.217. The molecule has 1 atom stereocenters. The van der Waals surface area contributed by atoms with E-state index in [9.17, 15) is 13.8 Å². The van der Waals surface area contributed by atoms with Crippen LogP contribution in [-0.2, 0) is 20.6 Å². The zero-order chi connectivity index (χ0) is 22.7. The van der Waals surface area contributed by atoms with Crippen LogP contribution in [0.3, 0.4) is 0 Å². The van der Waals surface area contributed by atoms with Crippen LogP contribution in [0.5, 0.6) is 5.75 Å². The van der Waals surface area contributed by atoms with Gasteiger partial charge >= 0.3 is 0 Å². The van der Waals surface area contributed by atoms with Gasteiger partial charge in [0, 0.05) is 0 Å². The summed E-state index contributed by atoms with van der Waals surface area (Å²) in [6.45, 7) is 12.9. The minimum Gasteiger partial charge on any atom is -0.457 e. The van der Waals surface area contributed by atoms with Crippen molar-refractivity contribution < 1.29 is 23.7 Å². The molecular weight excluding hydrogens is 392 g/mol. The van der Waals surface area contributed by atoms with Crippen LogP contribution >= 0.6 is 0 Å². The first-order chi connectivity index (χ1) is 14.0. The van der Waals surface area contributed by atoms with Crippen molar-refractivity contribution in [2.24, 2.45) is 0 Å². The molecule has 0 saturated carbocycles. The second-order valence-electron chi connectivity index (χ2n) is 4.65. The first kappa shape index (κ1) is 28.7. The van der Waals surface area contributed by atoms with Gasteiger partial charge in [-0.1, -0.05) is 46.4 Å². The molecule has 0 heterocycles. The maximum absolute atomic E-state index is 12.5. The van der Waals surface area contributed by atoms with E-state index in [1.807, 2.05) is 46.8 Å². The monoisotopic (exact) mass is 424 g/mol. The molecule has 0 radical (unpaired) electrons. The number of carbonyl (C=O) groups is 2. The molecule has 1 unspecified atom stereocenters. The molecule has 0 fully saturated rings. The Morgan fingerprint density at radius 2 is 1.83 bits per heavy atom. The number of benzene rings is 1. The summed E-state index contributed by atoms with van der Waals surface area (Å²) in [6, 6.07) is 6.36. The zero-order valence-corrected chi connectivity index (χ0v) is 18.6. The van der Waals surface area contributed by atoms with Crippen LogP contribution in [0.1, 0.15) is 34.6 Å². The Balaban J connectivity index is 0. The fourth-order valence-electron chi connectivity index (χ4n) is 1.71. The van der Waals surface area contributed by atoms with E-state index in [2.05, 4.69) is 6.58 Å². The molecule has 0 aliphatic heterocycles. The highest BCUT2D eigenvalue weighted by atomic mass is 32.2. The van der Waals surface area contributed by atoms with E-state index in [1.165, 1.54) is 5.48 Å². The van der Waals surface area contributed by atoms with E-state index in [0.29, 0.717) is 22.7 Å². The van der Waals surface area contributed by atoms with Crippen LogP contribution in [0.25, 0.3) is 0 Å². The standard InChI is InChI=1S/C17H20N2O5S.2C2H6/c1-3-5-6-14(4-2)24-15-7-9-16(10-8-15)25(23)19(11-12-20)13-17(21)18-22;2*1-2/h3-10,12,22H,2,11,13H2,1H3,(H,18,21);2*1-2H3/b5-3-,14-6+;;.